The van der Waals surface area contributed by atoms with Crippen molar-refractivity contribution in [3.8, 4) is 27.5 Å². The van der Waals surface area contributed by atoms with E-state index in [1.807, 2.05) is 49.8 Å². The summed E-state index contributed by atoms with van der Waals surface area (Å²) >= 11 is 15.8. The summed E-state index contributed by atoms with van der Waals surface area (Å²) in [4.78, 5) is 25.7. The van der Waals surface area contributed by atoms with Gasteiger partial charge in [0.1, 0.15) is 0 Å². The van der Waals surface area contributed by atoms with E-state index >= 15 is 0 Å². The van der Waals surface area contributed by atoms with Crippen LogP contribution in [-0.4, -0.2) is 31.1 Å². The molecule has 1 aromatic carbocycles. The Morgan fingerprint density at radius 3 is 2.21 bits per heavy atom. The fourth-order valence-electron chi connectivity index (χ4n) is 3.34. The van der Waals surface area contributed by atoms with Crippen molar-refractivity contribution >= 4 is 52.5 Å². The predicted octanol–water partition coefficient (Wildman–Crippen LogP) is 7.21. The molecule has 0 aliphatic carbocycles. The van der Waals surface area contributed by atoms with E-state index in [9.17, 15) is 0 Å². The molecule has 4 rings (SSSR count). The quantitative estimate of drug-likeness (QED) is 0.252. The SMILES string of the molecule is Cc1cc(-c2cn(-c3nc(-c4ccc(Cl)c(Cl)c4)c(SC(C)C)s3)nc2C)cc(C)n1.O=C=O. The van der Waals surface area contributed by atoms with E-state index in [0.717, 1.165) is 48.8 Å². The van der Waals surface area contributed by atoms with Crippen LogP contribution in [0, 0.1) is 20.8 Å². The van der Waals surface area contributed by atoms with Crippen LogP contribution in [0.4, 0.5) is 0 Å². The largest absolute Gasteiger partial charge is 0.373 e. The zero-order valence-corrected chi connectivity index (χ0v) is 22.4. The highest BCUT2D eigenvalue weighted by Crippen LogP contribution is 2.41. The molecule has 0 N–H and O–H groups in total. The van der Waals surface area contributed by atoms with Crippen LogP contribution >= 0.6 is 46.3 Å². The van der Waals surface area contributed by atoms with Crippen molar-refractivity contribution < 1.29 is 9.59 Å². The number of halogens is 2. The minimum absolute atomic E-state index is 0.250. The van der Waals surface area contributed by atoms with Crippen LogP contribution in [0.1, 0.15) is 30.9 Å². The minimum Gasteiger partial charge on any atom is -0.258 e. The third kappa shape index (κ3) is 6.14. The lowest BCUT2D eigenvalue weighted by molar-refractivity contribution is -0.191. The average Bonchev–Trinajstić information content (AvgIpc) is 3.33. The Hall–Kier alpha value is -2.48. The van der Waals surface area contributed by atoms with Crippen molar-refractivity contribution in [1.29, 1.82) is 0 Å². The first-order valence-corrected chi connectivity index (χ1v) is 12.7. The molecule has 0 bridgehead atoms. The van der Waals surface area contributed by atoms with Gasteiger partial charge < -0.3 is 0 Å². The van der Waals surface area contributed by atoms with Crippen LogP contribution in [0.25, 0.3) is 27.5 Å². The summed E-state index contributed by atoms with van der Waals surface area (Å²) in [7, 11) is 0. The number of hydrogen-bond acceptors (Lipinski definition) is 7. The smallest absolute Gasteiger partial charge is 0.258 e. The molecule has 0 saturated heterocycles. The first kappa shape index (κ1) is 26.1. The third-order valence-corrected chi connectivity index (χ3v) is 7.60. The van der Waals surface area contributed by atoms with Gasteiger partial charge in [0.2, 0.25) is 5.13 Å². The van der Waals surface area contributed by atoms with Crippen LogP contribution in [0.5, 0.6) is 0 Å². The van der Waals surface area contributed by atoms with E-state index in [1.54, 1.807) is 23.1 Å². The summed E-state index contributed by atoms with van der Waals surface area (Å²) in [6.07, 6.45) is 2.30. The molecule has 0 radical (unpaired) electrons. The molecule has 0 unspecified atom stereocenters. The molecule has 0 saturated carbocycles. The van der Waals surface area contributed by atoms with Crippen molar-refractivity contribution in [3.05, 3.63) is 63.7 Å². The predicted molar refractivity (Wildman–Crippen MR) is 138 cm³/mol. The second-order valence-corrected chi connectivity index (χ2v) is 11.4. The number of aryl methyl sites for hydroxylation is 3. The van der Waals surface area contributed by atoms with E-state index in [0.29, 0.717) is 15.3 Å². The highest BCUT2D eigenvalue weighted by atomic mass is 35.5. The van der Waals surface area contributed by atoms with Crippen LogP contribution in [-0.2, 0) is 9.59 Å². The number of hydrogen-bond donors (Lipinski definition) is 0. The minimum atomic E-state index is 0.250. The van der Waals surface area contributed by atoms with Gasteiger partial charge in [-0.25, -0.2) is 9.67 Å². The maximum Gasteiger partial charge on any atom is 0.373 e. The summed E-state index contributed by atoms with van der Waals surface area (Å²) in [5, 5.41) is 7.07. The highest BCUT2D eigenvalue weighted by molar-refractivity contribution is 8.01. The number of carbonyl (C=O) groups excluding carboxylic acids is 2. The Morgan fingerprint density at radius 2 is 1.62 bits per heavy atom. The van der Waals surface area contributed by atoms with Gasteiger partial charge in [0.25, 0.3) is 0 Å². The molecule has 0 aliphatic heterocycles. The van der Waals surface area contributed by atoms with Crippen molar-refractivity contribution in [1.82, 2.24) is 19.7 Å². The average molecular weight is 534 g/mol. The molecule has 3 heterocycles. The van der Waals surface area contributed by atoms with Gasteiger partial charge in [-0.2, -0.15) is 14.7 Å². The Morgan fingerprint density at radius 1 is 0.971 bits per heavy atom. The van der Waals surface area contributed by atoms with Gasteiger partial charge in [-0.15, -0.1) is 11.8 Å². The highest BCUT2D eigenvalue weighted by Gasteiger charge is 2.19. The van der Waals surface area contributed by atoms with E-state index < -0.39 is 0 Å². The second-order valence-electron chi connectivity index (χ2n) is 7.72. The molecule has 0 aliphatic rings. The summed E-state index contributed by atoms with van der Waals surface area (Å²) in [6, 6.07) is 9.82. The van der Waals surface area contributed by atoms with Crippen molar-refractivity contribution in [2.45, 2.75) is 44.1 Å². The fraction of sp³-hybridized carbons (Fsp3) is 0.250. The van der Waals surface area contributed by atoms with E-state index in [1.165, 1.54) is 0 Å². The third-order valence-electron chi connectivity index (χ3n) is 4.61. The molecule has 0 fully saturated rings. The maximum absolute atomic E-state index is 8.12. The summed E-state index contributed by atoms with van der Waals surface area (Å²) in [5.74, 6) is 0. The molecular weight excluding hydrogens is 511 g/mol. The number of aromatic nitrogens is 4. The topological polar surface area (TPSA) is 77.7 Å². The zero-order chi connectivity index (χ0) is 25.0. The number of thioether (sulfide) groups is 1. The summed E-state index contributed by atoms with van der Waals surface area (Å²) in [6.45, 7) is 10.4. The Labute approximate surface area is 216 Å². The molecule has 0 spiro atoms. The zero-order valence-electron chi connectivity index (χ0n) is 19.2. The van der Waals surface area contributed by atoms with Crippen molar-refractivity contribution in [2.75, 3.05) is 0 Å². The maximum atomic E-state index is 8.12. The fourth-order valence-corrected chi connectivity index (χ4v) is 6.09. The van der Waals surface area contributed by atoms with Crippen LogP contribution < -0.4 is 0 Å². The van der Waals surface area contributed by atoms with Gasteiger partial charge in [0.05, 0.1) is 25.6 Å². The normalized spacial score (nSPS) is 10.7. The van der Waals surface area contributed by atoms with E-state index in [4.69, 9.17) is 42.9 Å². The lowest BCUT2D eigenvalue weighted by atomic mass is 10.1. The number of nitrogens with zero attached hydrogens (tertiary/aromatic N) is 4. The standard InChI is InChI=1S/C23H22Cl2N4S2.CO2/c1-12(2)30-22-21(16-6-7-19(24)20(25)10-16)27-23(31-22)29-11-18(15(5)28-29)17-8-13(3)26-14(4)9-17;2-1-3/h6-12H,1-5H3;. The number of thiazole rings is 1. The van der Waals surface area contributed by atoms with Crippen LogP contribution in [0.2, 0.25) is 10.0 Å². The number of pyridine rings is 1. The van der Waals surface area contributed by atoms with E-state index in [2.05, 4.69) is 31.0 Å². The molecule has 176 valence electrons. The molecule has 3 aromatic heterocycles. The summed E-state index contributed by atoms with van der Waals surface area (Å²) < 4.78 is 3.00. The monoisotopic (exact) mass is 532 g/mol. The second kappa shape index (κ2) is 11.3. The number of benzene rings is 1. The Kier molecular flexibility index (Phi) is 8.68. The molecule has 0 amide bonds. The van der Waals surface area contributed by atoms with Gasteiger partial charge in [0, 0.05) is 34.0 Å². The van der Waals surface area contributed by atoms with Crippen LogP contribution in [0.15, 0.2) is 40.7 Å². The lowest BCUT2D eigenvalue weighted by Gasteiger charge is -2.05. The van der Waals surface area contributed by atoms with Gasteiger partial charge in [-0.1, -0.05) is 54.5 Å². The molecule has 10 heteroatoms. The van der Waals surface area contributed by atoms with Gasteiger partial charge >= 0.3 is 6.15 Å². The molecule has 6 nitrogen and oxygen atoms in total. The summed E-state index contributed by atoms with van der Waals surface area (Å²) in [5.41, 5.74) is 6.99. The first-order valence-electron chi connectivity index (χ1n) is 10.3. The van der Waals surface area contributed by atoms with Gasteiger partial charge in [0.15, 0.2) is 0 Å². The van der Waals surface area contributed by atoms with Gasteiger partial charge in [-0.05, 0) is 50.6 Å². The Bertz CT molecular complexity index is 1340. The lowest BCUT2D eigenvalue weighted by Crippen LogP contribution is -1.94. The van der Waals surface area contributed by atoms with E-state index in [-0.39, 0.29) is 6.15 Å². The van der Waals surface area contributed by atoms with Crippen LogP contribution in [0.3, 0.4) is 0 Å². The first-order chi connectivity index (χ1) is 16.1. The van der Waals surface area contributed by atoms with Crippen molar-refractivity contribution in [2.24, 2.45) is 0 Å². The van der Waals surface area contributed by atoms with Gasteiger partial charge in [-0.3, -0.25) is 4.98 Å². The molecular formula is C24H22Cl2N4O2S2. The van der Waals surface area contributed by atoms with Crippen molar-refractivity contribution in [3.63, 3.8) is 0 Å². The number of rotatable bonds is 5. The molecule has 34 heavy (non-hydrogen) atoms. The molecule has 0 atom stereocenters. The molecule has 4 aromatic rings. The Balaban J connectivity index is 0.00000103.